The highest BCUT2D eigenvalue weighted by molar-refractivity contribution is 5.75. The van der Waals surface area contributed by atoms with E-state index in [1.165, 1.54) is 5.56 Å². The number of benzene rings is 1. The van der Waals surface area contributed by atoms with Gasteiger partial charge in [0.25, 0.3) is 0 Å². The van der Waals surface area contributed by atoms with Crippen LogP contribution in [0.3, 0.4) is 0 Å². The molecule has 1 aliphatic rings. The van der Waals surface area contributed by atoms with E-state index in [0.717, 1.165) is 50.7 Å². The molecule has 1 fully saturated rings. The molecule has 0 unspecified atom stereocenters. The van der Waals surface area contributed by atoms with Crippen LogP contribution in [0.25, 0.3) is 0 Å². The van der Waals surface area contributed by atoms with Crippen LogP contribution in [-0.2, 0) is 17.9 Å². The maximum absolute atomic E-state index is 12.0. The Hall–Kier alpha value is -2.38. The zero-order chi connectivity index (χ0) is 19.8. The number of methoxy groups -OCH3 is 1. The van der Waals surface area contributed by atoms with Gasteiger partial charge >= 0.3 is 0 Å². The molecular formula is C21H31N5O2. The molecular weight excluding hydrogens is 354 g/mol. The molecule has 7 nitrogen and oxygen atoms in total. The fraction of sp³-hybridized carbons (Fsp3) is 0.524. The van der Waals surface area contributed by atoms with Crippen molar-refractivity contribution in [3.63, 3.8) is 0 Å². The summed E-state index contributed by atoms with van der Waals surface area (Å²) in [4.78, 5) is 21.1. The van der Waals surface area contributed by atoms with Crippen LogP contribution in [0.4, 0.5) is 0 Å². The molecule has 28 heavy (non-hydrogen) atoms. The van der Waals surface area contributed by atoms with Crippen LogP contribution in [0, 0.1) is 6.92 Å². The maximum atomic E-state index is 12.0. The number of nitrogens with zero attached hydrogens (tertiary/aromatic N) is 4. The summed E-state index contributed by atoms with van der Waals surface area (Å²) in [6, 6.07) is 8.29. The Balaban J connectivity index is 1.28. The van der Waals surface area contributed by atoms with E-state index in [1.807, 2.05) is 29.8 Å². The van der Waals surface area contributed by atoms with Crippen molar-refractivity contribution in [2.45, 2.75) is 26.4 Å². The third-order valence-corrected chi connectivity index (χ3v) is 5.14. The first-order valence-electron chi connectivity index (χ1n) is 9.95. The third-order valence-electron chi connectivity index (χ3n) is 5.14. The zero-order valence-electron chi connectivity index (χ0n) is 16.9. The Morgan fingerprint density at radius 1 is 1.11 bits per heavy atom. The van der Waals surface area contributed by atoms with E-state index in [9.17, 15) is 4.79 Å². The van der Waals surface area contributed by atoms with E-state index in [4.69, 9.17) is 4.74 Å². The Kier molecular flexibility index (Phi) is 7.45. The Labute approximate surface area is 167 Å². The first-order valence-corrected chi connectivity index (χ1v) is 9.95. The smallest absolute Gasteiger partial charge is 0.221 e. The lowest BCUT2D eigenvalue weighted by atomic mass is 10.2. The van der Waals surface area contributed by atoms with Gasteiger partial charge in [0.15, 0.2) is 0 Å². The fourth-order valence-electron chi connectivity index (χ4n) is 3.43. The zero-order valence-corrected chi connectivity index (χ0v) is 16.9. The lowest BCUT2D eigenvalue weighted by molar-refractivity contribution is -0.121. The number of carbonyl (C=O) groups is 1. The standard InChI is InChI=1S/C21H31N5O2/c1-18-15-26(17-23-18)9-7-21(27)22-8-10-24-11-13-25(14-12-24)16-19-3-5-20(28-2)6-4-19/h3-6,15,17H,7-14,16H2,1-2H3,(H,22,27). The van der Waals surface area contributed by atoms with E-state index in [0.29, 0.717) is 19.5 Å². The number of imidazole rings is 1. The van der Waals surface area contributed by atoms with Gasteiger partial charge in [0.2, 0.25) is 5.91 Å². The van der Waals surface area contributed by atoms with Crippen LogP contribution in [0.1, 0.15) is 17.7 Å². The minimum atomic E-state index is 0.101. The van der Waals surface area contributed by atoms with Crippen molar-refractivity contribution in [3.8, 4) is 5.75 Å². The fourth-order valence-corrected chi connectivity index (χ4v) is 3.43. The van der Waals surface area contributed by atoms with Crippen LogP contribution >= 0.6 is 0 Å². The molecule has 1 N–H and O–H groups in total. The Morgan fingerprint density at radius 2 is 1.82 bits per heavy atom. The third kappa shape index (κ3) is 6.35. The highest BCUT2D eigenvalue weighted by Gasteiger charge is 2.16. The number of carbonyl (C=O) groups excluding carboxylic acids is 1. The second-order valence-electron chi connectivity index (χ2n) is 7.32. The average Bonchev–Trinajstić information content (AvgIpc) is 3.13. The van der Waals surface area contributed by atoms with Gasteiger partial charge in [-0.1, -0.05) is 12.1 Å². The van der Waals surface area contributed by atoms with Gasteiger partial charge in [-0.2, -0.15) is 0 Å². The molecule has 2 heterocycles. The van der Waals surface area contributed by atoms with E-state index in [-0.39, 0.29) is 5.91 Å². The number of piperazine rings is 1. The summed E-state index contributed by atoms with van der Waals surface area (Å²) in [5.74, 6) is 1.00. The van der Waals surface area contributed by atoms with Crippen molar-refractivity contribution in [1.82, 2.24) is 24.7 Å². The lowest BCUT2D eigenvalue weighted by Crippen LogP contribution is -2.48. The van der Waals surface area contributed by atoms with Crippen molar-refractivity contribution in [2.24, 2.45) is 0 Å². The van der Waals surface area contributed by atoms with Gasteiger partial charge in [-0.25, -0.2) is 4.98 Å². The monoisotopic (exact) mass is 385 g/mol. The van der Waals surface area contributed by atoms with Gasteiger partial charge in [-0.05, 0) is 24.6 Å². The molecule has 0 spiro atoms. The molecule has 0 bridgehead atoms. The summed E-state index contributed by atoms with van der Waals surface area (Å²) >= 11 is 0. The van der Waals surface area contributed by atoms with E-state index < -0.39 is 0 Å². The van der Waals surface area contributed by atoms with Gasteiger partial charge in [0.05, 0.1) is 19.1 Å². The Bertz CT molecular complexity index is 736. The summed E-state index contributed by atoms with van der Waals surface area (Å²) in [6.45, 7) is 9.42. The summed E-state index contributed by atoms with van der Waals surface area (Å²) in [6.07, 6.45) is 4.22. The Morgan fingerprint density at radius 3 is 2.46 bits per heavy atom. The number of hydrogen-bond acceptors (Lipinski definition) is 5. The molecule has 0 radical (unpaired) electrons. The molecule has 3 rings (SSSR count). The number of aromatic nitrogens is 2. The predicted octanol–water partition coefficient (Wildman–Crippen LogP) is 1.52. The van der Waals surface area contributed by atoms with Gasteiger partial charge in [0, 0.05) is 65.0 Å². The molecule has 1 amide bonds. The first kappa shape index (κ1) is 20.4. The van der Waals surface area contributed by atoms with Crippen LogP contribution < -0.4 is 10.1 Å². The summed E-state index contributed by atoms with van der Waals surface area (Å²) in [5, 5.41) is 3.03. The lowest BCUT2D eigenvalue weighted by Gasteiger charge is -2.34. The van der Waals surface area contributed by atoms with Crippen molar-refractivity contribution in [3.05, 3.63) is 48.0 Å². The minimum absolute atomic E-state index is 0.101. The number of nitrogens with one attached hydrogen (secondary N) is 1. The van der Waals surface area contributed by atoms with Gasteiger partial charge in [0.1, 0.15) is 5.75 Å². The number of hydrogen-bond donors (Lipinski definition) is 1. The van der Waals surface area contributed by atoms with Crippen molar-refractivity contribution in [1.29, 1.82) is 0 Å². The SMILES string of the molecule is COc1ccc(CN2CCN(CCNC(=O)CCn3cnc(C)c3)CC2)cc1. The van der Waals surface area contributed by atoms with E-state index in [1.54, 1.807) is 13.4 Å². The normalized spacial score (nSPS) is 15.5. The molecule has 0 aliphatic carbocycles. The van der Waals surface area contributed by atoms with Crippen LogP contribution in [0.5, 0.6) is 5.75 Å². The molecule has 1 aliphatic heterocycles. The van der Waals surface area contributed by atoms with Crippen LogP contribution in [0.15, 0.2) is 36.8 Å². The minimum Gasteiger partial charge on any atom is -0.497 e. The van der Waals surface area contributed by atoms with Crippen molar-refractivity contribution in [2.75, 3.05) is 46.4 Å². The molecule has 0 atom stereocenters. The molecule has 2 aromatic rings. The molecule has 0 saturated carbocycles. The highest BCUT2D eigenvalue weighted by Crippen LogP contribution is 2.14. The molecule has 7 heteroatoms. The van der Waals surface area contributed by atoms with E-state index in [2.05, 4.69) is 32.2 Å². The predicted molar refractivity (Wildman–Crippen MR) is 109 cm³/mol. The highest BCUT2D eigenvalue weighted by atomic mass is 16.5. The van der Waals surface area contributed by atoms with Crippen LogP contribution in [0.2, 0.25) is 0 Å². The average molecular weight is 386 g/mol. The quantitative estimate of drug-likeness (QED) is 0.709. The maximum Gasteiger partial charge on any atom is 0.221 e. The van der Waals surface area contributed by atoms with Gasteiger partial charge < -0.3 is 14.6 Å². The molecule has 1 saturated heterocycles. The van der Waals surface area contributed by atoms with Gasteiger partial charge in [-0.3, -0.25) is 14.6 Å². The summed E-state index contributed by atoms with van der Waals surface area (Å²) in [7, 11) is 1.69. The second-order valence-corrected chi connectivity index (χ2v) is 7.32. The molecule has 1 aromatic carbocycles. The number of ether oxygens (including phenoxy) is 1. The van der Waals surface area contributed by atoms with Crippen molar-refractivity contribution < 1.29 is 9.53 Å². The second kappa shape index (κ2) is 10.2. The van der Waals surface area contributed by atoms with Gasteiger partial charge in [-0.15, -0.1) is 0 Å². The number of aryl methyl sites for hydroxylation is 2. The summed E-state index contributed by atoms with van der Waals surface area (Å²) < 4.78 is 7.17. The number of rotatable bonds is 9. The van der Waals surface area contributed by atoms with Crippen molar-refractivity contribution >= 4 is 5.91 Å². The van der Waals surface area contributed by atoms with Crippen LogP contribution in [-0.4, -0.2) is 71.6 Å². The summed E-state index contributed by atoms with van der Waals surface area (Å²) in [5.41, 5.74) is 2.29. The molecule has 1 aromatic heterocycles. The largest absolute Gasteiger partial charge is 0.497 e. The number of amides is 1. The first-order chi connectivity index (χ1) is 13.6. The topological polar surface area (TPSA) is 62.6 Å². The van der Waals surface area contributed by atoms with E-state index >= 15 is 0 Å². The molecule has 152 valence electrons.